The normalized spacial score (nSPS) is 10.9. The Morgan fingerprint density at radius 3 is 2.65 bits per heavy atom. The van der Waals surface area contributed by atoms with Crippen molar-refractivity contribution in [2.24, 2.45) is 5.92 Å². The molecule has 0 saturated carbocycles. The fraction of sp³-hybridized carbons (Fsp3) is 0.533. The molecule has 0 aliphatic rings. The summed E-state index contributed by atoms with van der Waals surface area (Å²) in [7, 11) is 0. The van der Waals surface area contributed by atoms with Gasteiger partial charge in [0.25, 0.3) is 0 Å². The van der Waals surface area contributed by atoms with Crippen molar-refractivity contribution in [3.05, 3.63) is 34.9 Å². The molecule has 0 heterocycles. The molecule has 0 aliphatic heterocycles. The summed E-state index contributed by atoms with van der Waals surface area (Å²) in [6.07, 6.45) is 1.00. The molecule has 0 radical (unpaired) electrons. The van der Waals surface area contributed by atoms with Crippen molar-refractivity contribution in [3.63, 3.8) is 0 Å². The Kier molecular flexibility index (Phi) is 5.36. The highest BCUT2D eigenvalue weighted by atomic mass is 16.5. The second-order valence-electron chi connectivity index (χ2n) is 4.98. The lowest BCUT2D eigenvalue weighted by Crippen LogP contribution is -2.12. The Hall–Kier alpha value is -1.15. The zero-order valence-corrected chi connectivity index (χ0v) is 11.2. The fourth-order valence-corrected chi connectivity index (χ4v) is 1.60. The van der Waals surface area contributed by atoms with Gasteiger partial charge in [-0.15, -0.1) is 0 Å². The molecule has 0 bridgehead atoms. The number of aryl methyl sites for hydroxylation is 2. The molecule has 0 aromatic heterocycles. The van der Waals surface area contributed by atoms with E-state index in [0.717, 1.165) is 23.1 Å². The second-order valence-corrected chi connectivity index (χ2v) is 4.98. The number of Topliss-reactive ketones (excluding diaryl/α,β-unsaturated/α-hetero) is 1. The molecule has 1 aromatic rings. The van der Waals surface area contributed by atoms with Crippen molar-refractivity contribution in [1.82, 2.24) is 0 Å². The third-order valence-corrected chi connectivity index (χ3v) is 2.77. The Balaban J connectivity index is 2.49. The molecule has 0 unspecified atom stereocenters. The summed E-state index contributed by atoms with van der Waals surface area (Å²) in [5.74, 6) is 0.695. The monoisotopic (exact) mass is 234 g/mol. The predicted molar refractivity (Wildman–Crippen MR) is 70.5 cm³/mol. The number of hydrogen-bond donors (Lipinski definition) is 0. The molecule has 1 rings (SSSR count). The SMILES string of the molecule is Cc1ccc(C)c(C(=O)COCCC(C)C)c1. The van der Waals surface area contributed by atoms with Crippen molar-refractivity contribution < 1.29 is 9.53 Å². The van der Waals surface area contributed by atoms with Gasteiger partial charge in [0, 0.05) is 12.2 Å². The summed E-state index contributed by atoms with van der Waals surface area (Å²) in [6.45, 7) is 9.10. The molecule has 94 valence electrons. The van der Waals surface area contributed by atoms with Gasteiger partial charge in [0.15, 0.2) is 5.78 Å². The quantitative estimate of drug-likeness (QED) is 0.556. The Labute approximate surface area is 104 Å². The first-order valence-corrected chi connectivity index (χ1v) is 6.19. The van der Waals surface area contributed by atoms with Crippen LogP contribution in [0.25, 0.3) is 0 Å². The van der Waals surface area contributed by atoms with Gasteiger partial charge in [0.2, 0.25) is 0 Å². The summed E-state index contributed by atoms with van der Waals surface area (Å²) in [6, 6.07) is 5.94. The van der Waals surface area contributed by atoms with Gasteiger partial charge >= 0.3 is 0 Å². The first-order chi connectivity index (χ1) is 8.00. The Morgan fingerprint density at radius 1 is 1.29 bits per heavy atom. The van der Waals surface area contributed by atoms with Gasteiger partial charge in [0.05, 0.1) is 0 Å². The Bertz CT molecular complexity index is 381. The van der Waals surface area contributed by atoms with Gasteiger partial charge in [-0.3, -0.25) is 4.79 Å². The van der Waals surface area contributed by atoms with E-state index in [1.807, 2.05) is 32.0 Å². The first kappa shape index (κ1) is 13.9. The van der Waals surface area contributed by atoms with Crippen LogP contribution in [0, 0.1) is 19.8 Å². The highest BCUT2D eigenvalue weighted by Gasteiger charge is 2.09. The average Bonchev–Trinajstić information content (AvgIpc) is 2.27. The number of hydrogen-bond acceptors (Lipinski definition) is 2. The molecule has 0 saturated heterocycles. The maximum absolute atomic E-state index is 11.9. The van der Waals surface area contributed by atoms with E-state index in [2.05, 4.69) is 13.8 Å². The lowest BCUT2D eigenvalue weighted by Gasteiger charge is -2.08. The highest BCUT2D eigenvalue weighted by Crippen LogP contribution is 2.11. The largest absolute Gasteiger partial charge is 0.373 e. The molecule has 0 fully saturated rings. The van der Waals surface area contributed by atoms with E-state index in [1.54, 1.807) is 0 Å². The minimum absolute atomic E-state index is 0.0787. The van der Waals surface area contributed by atoms with E-state index in [4.69, 9.17) is 4.74 Å². The van der Waals surface area contributed by atoms with Crippen LogP contribution >= 0.6 is 0 Å². The van der Waals surface area contributed by atoms with Gasteiger partial charge in [-0.2, -0.15) is 0 Å². The van der Waals surface area contributed by atoms with Crippen LogP contribution < -0.4 is 0 Å². The minimum atomic E-state index is 0.0787. The van der Waals surface area contributed by atoms with E-state index >= 15 is 0 Å². The summed E-state index contributed by atoms with van der Waals surface area (Å²) < 4.78 is 5.41. The molecule has 0 atom stereocenters. The first-order valence-electron chi connectivity index (χ1n) is 6.19. The van der Waals surface area contributed by atoms with E-state index in [-0.39, 0.29) is 12.4 Å². The maximum Gasteiger partial charge on any atom is 0.188 e. The van der Waals surface area contributed by atoms with Gasteiger partial charge in [0.1, 0.15) is 6.61 Å². The number of ketones is 1. The predicted octanol–water partition coefficient (Wildman–Crippen LogP) is 3.55. The van der Waals surface area contributed by atoms with E-state index in [9.17, 15) is 4.79 Å². The van der Waals surface area contributed by atoms with Crippen molar-refractivity contribution >= 4 is 5.78 Å². The van der Waals surface area contributed by atoms with Crippen LogP contribution in [0.5, 0.6) is 0 Å². The average molecular weight is 234 g/mol. The lowest BCUT2D eigenvalue weighted by molar-refractivity contribution is 0.0739. The molecule has 17 heavy (non-hydrogen) atoms. The minimum Gasteiger partial charge on any atom is -0.373 e. The second kappa shape index (κ2) is 6.55. The van der Waals surface area contributed by atoms with Crippen molar-refractivity contribution in [2.75, 3.05) is 13.2 Å². The molecule has 0 spiro atoms. The molecule has 0 N–H and O–H groups in total. The summed E-state index contributed by atoms with van der Waals surface area (Å²) in [5.41, 5.74) is 2.92. The van der Waals surface area contributed by atoms with Gasteiger partial charge in [-0.05, 0) is 37.8 Å². The van der Waals surface area contributed by atoms with Gasteiger partial charge in [-0.25, -0.2) is 0 Å². The zero-order chi connectivity index (χ0) is 12.8. The number of carbonyl (C=O) groups is 1. The van der Waals surface area contributed by atoms with Gasteiger partial charge in [-0.1, -0.05) is 31.5 Å². The van der Waals surface area contributed by atoms with Crippen molar-refractivity contribution in [1.29, 1.82) is 0 Å². The molecule has 0 amide bonds. The lowest BCUT2D eigenvalue weighted by atomic mass is 10.0. The third-order valence-electron chi connectivity index (χ3n) is 2.77. The molecule has 0 aliphatic carbocycles. The van der Waals surface area contributed by atoms with Gasteiger partial charge < -0.3 is 4.74 Å². The van der Waals surface area contributed by atoms with E-state index in [0.29, 0.717) is 12.5 Å². The Morgan fingerprint density at radius 2 is 2.00 bits per heavy atom. The molecule has 2 nitrogen and oxygen atoms in total. The smallest absolute Gasteiger partial charge is 0.188 e. The number of rotatable bonds is 6. The van der Waals surface area contributed by atoms with Crippen LogP contribution in [0.15, 0.2) is 18.2 Å². The van der Waals surface area contributed by atoms with Crippen LogP contribution in [0.1, 0.15) is 41.8 Å². The van der Waals surface area contributed by atoms with Crippen LogP contribution in [0.3, 0.4) is 0 Å². The topological polar surface area (TPSA) is 26.3 Å². The molecule has 1 aromatic carbocycles. The van der Waals surface area contributed by atoms with Crippen LogP contribution in [-0.2, 0) is 4.74 Å². The zero-order valence-electron chi connectivity index (χ0n) is 11.2. The van der Waals surface area contributed by atoms with E-state index < -0.39 is 0 Å². The summed E-state index contributed by atoms with van der Waals surface area (Å²) in [4.78, 5) is 11.9. The van der Waals surface area contributed by atoms with Crippen LogP contribution in [0.4, 0.5) is 0 Å². The maximum atomic E-state index is 11.9. The summed E-state index contributed by atoms with van der Waals surface area (Å²) >= 11 is 0. The summed E-state index contributed by atoms with van der Waals surface area (Å²) in [5, 5.41) is 0. The third kappa shape index (κ3) is 4.70. The van der Waals surface area contributed by atoms with E-state index in [1.165, 1.54) is 0 Å². The fourth-order valence-electron chi connectivity index (χ4n) is 1.60. The van der Waals surface area contributed by atoms with Crippen molar-refractivity contribution in [3.8, 4) is 0 Å². The number of ether oxygens (including phenoxy) is 1. The van der Waals surface area contributed by atoms with Crippen molar-refractivity contribution in [2.45, 2.75) is 34.1 Å². The van der Waals surface area contributed by atoms with Crippen LogP contribution in [0.2, 0.25) is 0 Å². The highest BCUT2D eigenvalue weighted by molar-refractivity contribution is 5.98. The standard InChI is InChI=1S/C15H22O2/c1-11(2)7-8-17-10-15(16)14-9-12(3)5-6-13(14)4/h5-6,9,11H,7-8,10H2,1-4H3. The molecular formula is C15H22O2. The van der Waals surface area contributed by atoms with Crippen LogP contribution in [-0.4, -0.2) is 19.0 Å². The number of carbonyl (C=O) groups excluding carboxylic acids is 1. The molecule has 2 heteroatoms. The number of benzene rings is 1. The molecular weight excluding hydrogens is 212 g/mol.